The molecule has 0 aliphatic carbocycles. The Balaban J connectivity index is 1.75. The van der Waals surface area contributed by atoms with Gasteiger partial charge in [-0.25, -0.2) is 4.98 Å². The zero-order valence-electron chi connectivity index (χ0n) is 13.5. The second-order valence-corrected chi connectivity index (χ2v) is 7.09. The molecular formula is C17H19N5OS. The van der Waals surface area contributed by atoms with Gasteiger partial charge < -0.3 is 9.88 Å². The molecule has 7 heteroatoms. The Morgan fingerprint density at radius 2 is 2.17 bits per heavy atom. The highest BCUT2D eigenvalue weighted by Gasteiger charge is 2.24. The molecule has 1 aromatic carbocycles. The van der Waals surface area contributed by atoms with Gasteiger partial charge in [-0.1, -0.05) is 36.4 Å². The van der Waals surface area contributed by atoms with E-state index in [2.05, 4.69) is 33.1 Å². The summed E-state index contributed by atoms with van der Waals surface area (Å²) in [6.45, 7) is 3.67. The lowest BCUT2D eigenvalue weighted by atomic mass is 10.2. The quantitative estimate of drug-likeness (QED) is 0.793. The number of nitrogens with one attached hydrogen (secondary N) is 1. The monoisotopic (exact) mass is 341 g/mol. The van der Waals surface area contributed by atoms with Gasteiger partial charge in [0, 0.05) is 18.5 Å². The predicted octanol–water partition coefficient (Wildman–Crippen LogP) is 2.76. The van der Waals surface area contributed by atoms with Crippen LogP contribution < -0.4 is 5.32 Å². The highest BCUT2D eigenvalue weighted by Crippen LogP contribution is 2.29. The van der Waals surface area contributed by atoms with Crippen molar-refractivity contribution in [2.45, 2.75) is 43.1 Å². The van der Waals surface area contributed by atoms with Gasteiger partial charge >= 0.3 is 0 Å². The largest absolute Gasteiger partial charge is 0.355 e. The number of hydrogen-bond donors (Lipinski definition) is 1. The molecule has 1 saturated heterocycles. The molecule has 0 spiro atoms. The van der Waals surface area contributed by atoms with Crippen LogP contribution in [0.15, 0.2) is 29.4 Å². The van der Waals surface area contributed by atoms with Crippen LogP contribution >= 0.6 is 11.8 Å². The third-order valence-electron chi connectivity index (χ3n) is 4.40. The molecule has 24 heavy (non-hydrogen) atoms. The Hall–Kier alpha value is -2.15. The lowest BCUT2D eigenvalue weighted by Crippen LogP contribution is -2.30. The molecule has 0 saturated carbocycles. The molecule has 1 aliphatic rings. The molecule has 0 bridgehead atoms. The number of fused-ring (bicyclic) bond motifs is 3. The molecule has 0 unspecified atom stereocenters. The number of amides is 1. The van der Waals surface area contributed by atoms with Gasteiger partial charge in [0.1, 0.15) is 5.52 Å². The summed E-state index contributed by atoms with van der Waals surface area (Å²) in [5.74, 6) is 0.0808. The average Bonchev–Trinajstić information content (AvgIpc) is 2.78. The molecule has 3 heterocycles. The predicted molar refractivity (Wildman–Crippen MR) is 95.0 cm³/mol. The Morgan fingerprint density at radius 3 is 3.04 bits per heavy atom. The zero-order valence-corrected chi connectivity index (χ0v) is 14.3. The molecule has 6 nitrogen and oxygen atoms in total. The van der Waals surface area contributed by atoms with Crippen molar-refractivity contribution in [1.82, 2.24) is 25.1 Å². The molecule has 1 fully saturated rings. The lowest BCUT2D eigenvalue weighted by Gasteiger charge is -2.11. The summed E-state index contributed by atoms with van der Waals surface area (Å²) in [5, 5.41) is 13.1. The normalized spacial score (nSPS) is 18.7. The summed E-state index contributed by atoms with van der Waals surface area (Å²) in [4.78, 5) is 16.8. The molecule has 4 rings (SSSR count). The van der Waals surface area contributed by atoms with Gasteiger partial charge in [0.05, 0.1) is 10.8 Å². The first kappa shape index (κ1) is 15.4. The molecule has 124 valence electrons. The van der Waals surface area contributed by atoms with Crippen molar-refractivity contribution in [3.8, 4) is 0 Å². The summed E-state index contributed by atoms with van der Waals surface area (Å²) in [6, 6.07) is 8.15. The van der Waals surface area contributed by atoms with Crippen LogP contribution in [0, 0.1) is 0 Å². The van der Waals surface area contributed by atoms with Crippen molar-refractivity contribution in [1.29, 1.82) is 0 Å². The van der Waals surface area contributed by atoms with Gasteiger partial charge in [0.2, 0.25) is 11.1 Å². The Kier molecular flexibility index (Phi) is 4.10. The van der Waals surface area contributed by atoms with Crippen molar-refractivity contribution in [3.05, 3.63) is 24.3 Å². The van der Waals surface area contributed by atoms with Crippen LogP contribution in [-0.2, 0) is 11.3 Å². The SMILES string of the molecule is CCn1c2ccccc2c2nnc(S[C@H]3CCCCNC3=O)nc21. The van der Waals surface area contributed by atoms with Crippen LogP contribution in [0.2, 0.25) is 0 Å². The van der Waals surface area contributed by atoms with Gasteiger partial charge in [-0.05, 0) is 25.8 Å². The second kappa shape index (κ2) is 6.39. The number of aryl methyl sites for hydroxylation is 1. The third kappa shape index (κ3) is 2.62. The number of hydrogen-bond acceptors (Lipinski definition) is 5. The molecule has 0 radical (unpaired) electrons. The summed E-state index contributed by atoms with van der Waals surface area (Å²) in [7, 11) is 0. The van der Waals surface area contributed by atoms with Crippen molar-refractivity contribution < 1.29 is 4.79 Å². The number of para-hydroxylation sites is 1. The van der Waals surface area contributed by atoms with Gasteiger partial charge in [0.15, 0.2) is 5.65 Å². The van der Waals surface area contributed by atoms with Gasteiger partial charge in [-0.3, -0.25) is 4.79 Å². The van der Waals surface area contributed by atoms with Crippen LogP contribution in [0.1, 0.15) is 26.2 Å². The minimum absolute atomic E-state index is 0.0808. The molecule has 1 atom stereocenters. The minimum atomic E-state index is -0.133. The van der Waals surface area contributed by atoms with E-state index in [-0.39, 0.29) is 11.2 Å². The van der Waals surface area contributed by atoms with Crippen molar-refractivity contribution >= 4 is 39.7 Å². The van der Waals surface area contributed by atoms with E-state index in [1.807, 2.05) is 18.2 Å². The number of benzene rings is 1. The second-order valence-electron chi connectivity index (χ2n) is 5.92. The summed E-state index contributed by atoms with van der Waals surface area (Å²) < 4.78 is 2.15. The first-order valence-corrected chi connectivity index (χ1v) is 9.22. The maximum atomic E-state index is 12.1. The standard InChI is InChI=1S/C17H19N5OS/c1-2-22-12-8-4-3-7-11(12)14-15(22)19-17(21-20-14)24-13-9-5-6-10-18-16(13)23/h3-4,7-8,13H,2,5-6,9-10H2,1H3,(H,18,23)/t13-/m0/s1. The average molecular weight is 341 g/mol. The number of carbonyl (C=O) groups is 1. The fourth-order valence-electron chi connectivity index (χ4n) is 3.21. The summed E-state index contributed by atoms with van der Waals surface area (Å²) in [6.07, 6.45) is 2.93. The van der Waals surface area contributed by atoms with E-state index >= 15 is 0 Å². The summed E-state index contributed by atoms with van der Waals surface area (Å²) >= 11 is 1.42. The smallest absolute Gasteiger partial charge is 0.233 e. The number of carbonyl (C=O) groups excluding carboxylic acids is 1. The van der Waals surface area contributed by atoms with Crippen LogP contribution in [0.4, 0.5) is 0 Å². The Bertz CT molecular complexity index is 907. The lowest BCUT2D eigenvalue weighted by molar-refractivity contribution is -0.120. The fourth-order valence-corrected chi connectivity index (χ4v) is 4.17. The Labute approximate surface area is 144 Å². The highest BCUT2D eigenvalue weighted by atomic mass is 32.2. The van der Waals surface area contributed by atoms with E-state index in [0.717, 1.165) is 54.4 Å². The highest BCUT2D eigenvalue weighted by molar-refractivity contribution is 8.00. The van der Waals surface area contributed by atoms with Gasteiger partial charge in [0.25, 0.3) is 0 Å². The van der Waals surface area contributed by atoms with Crippen molar-refractivity contribution in [2.24, 2.45) is 0 Å². The molecule has 2 aromatic heterocycles. The number of nitrogens with zero attached hydrogens (tertiary/aromatic N) is 4. The van der Waals surface area contributed by atoms with E-state index in [1.165, 1.54) is 11.8 Å². The molecular weight excluding hydrogens is 322 g/mol. The maximum Gasteiger partial charge on any atom is 0.233 e. The van der Waals surface area contributed by atoms with E-state index in [0.29, 0.717) is 5.16 Å². The number of thioether (sulfide) groups is 1. The van der Waals surface area contributed by atoms with Crippen molar-refractivity contribution in [2.75, 3.05) is 6.54 Å². The van der Waals surface area contributed by atoms with Crippen LogP contribution in [-0.4, -0.2) is 37.5 Å². The van der Waals surface area contributed by atoms with E-state index < -0.39 is 0 Å². The first-order chi connectivity index (χ1) is 11.8. The summed E-state index contributed by atoms with van der Waals surface area (Å²) in [5.41, 5.74) is 2.78. The van der Waals surface area contributed by atoms with Gasteiger partial charge in [-0.2, -0.15) is 0 Å². The minimum Gasteiger partial charge on any atom is -0.355 e. The zero-order chi connectivity index (χ0) is 16.5. The maximum absolute atomic E-state index is 12.1. The van der Waals surface area contributed by atoms with E-state index in [1.54, 1.807) is 0 Å². The molecule has 1 N–H and O–H groups in total. The Morgan fingerprint density at radius 1 is 1.29 bits per heavy atom. The topological polar surface area (TPSA) is 72.7 Å². The third-order valence-corrected chi connectivity index (χ3v) is 5.52. The van der Waals surface area contributed by atoms with Crippen molar-refractivity contribution in [3.63, 3.8) is 0 Å². The molecule has 1 amide bonds. The van der Waals surface area contributed by atoms with Gasteiger partial charge in [-0.15, -0.1) is 10.2 Å². The van der Waals surface area contributed by atoms with Crippen LogP contribution in [0.25, 0.3) is 22.1 Å². The van der Waals surface area contributed by atoms with E-state index in [9.17, 15) is 4.79 Å². The van der Waals surface area contributed by atoms with Crippen LogP contribution in [0.5, 0.6) is 0 Å². The first-order valence-electron chi connectivity index (χ1n) is 8.34. The van der Waals surface area contributed by atoms with Crippen LogP contribution in [0.3, 0.4) is 0 Å². The van der Waals surface area contributed by atoms with E-state index in [4.69, 9.17) is 4.98 Å². The number of rotatable bonds is 3. The number of aromatic nitrogens is 4. The molecule has 1 aliphatic heterocycles. The molecule has 3 aromatic rings. The fraction of sp³-hybridized carbons (Fsp3) is 0.412.